The predicted molar refractivity (Wildman–Crippen MR) is 155 cm³/mol. The van der Waals surface area contributed by atoms with Gasteiger partial charge in [-0.2, -0.15) is 0 Å². The van der Waals surface area contributed by atoms with Crippen LogP contribution in [0.4, 0.5) is 4.39 Å². The third-order valence-corrected chi connectivity index (χ3v) is 23.3. The summed E-state index contributed by atoms with van der Waals surface area (Å²) >= 11 is -2.61. The first-order valence-electron chi connectivity index (χ1n) is 14.1. The van der Waals surface area contributed by atoms with Crippen LogP contribution in [0.25, 0.3) is 22.4 Å². The molecule has 0 aliphatic heterocycles. The third-order valence-electron chi connectivity index (χ3n) is 7.67. The molecule has 5 nitrogen and oxygen atoms in total. The number of hydrogen-bond acceptors (Lipinski definition) is 3. The van der Waals surface area contributed by atoms with Crippen LogP contribution in [0.5, 0.6) is 0 Å². The zero-order chi connectivity index (χ0) is 26.1. The van der Waals surface area contributed by atoms with E-state index in [0.29, 0.717) is 13.1 Å². The van der Waals surface area contributed by atoms with E-state index < -0.39 is 25.1 Å². The molecule has 0 bridgehead atoms. The molecule has 0 amide bonds. The standard InChI is InChI=1S/C18H15FN5.3C4H9.Sn/c19-5-7-24-17-4-2-1-3-16(17)22-18(24)15-9-14(10-21-11-15)12-23-8-6-20-13-23;3*1-3-4-2;/h1,3-4,6,8-11,13H,5,7,12H2;3*1,3-4H2,2H3;. The van der Waals surface area contributed by atoms with Gasteiger partial charge in [-0.1, -0.05) is 0 Å². The molecule has 0 aliphatic rings. The van der Waals surface area contributed by atoms with Crippen molar-refractivity contribution in [1.29, 1.82) is 0 Å². The monoisotopic (exact) mass is 611 g/mol. The summed E-state index contributed by atoms with van der Waals surface area (Å²) in [6, 6.07) is 9.14. The number of pyridine rings is 1. The van der Waals surface area contributed by atoms with Gasteiger partial charge in [0.15, 0.2) is 0 Å². The van der Waals surface area contributed by atoms with E-state index in [1.165, 1.54) is 51.8 Å². The molecule has 1 aromatic carbocycles. The number of fused-ring (bicyclic) bond motifs is 1. The molecule has 4 rings (SSSR count). The summed E-state index contributed by atoms with van der Waals surface area (Å²) in [6.45, 7) is 7.53. The van der Waals surface area contributed by atoms with Crippen molar-refractivity contribution >= 4 is 33.0 Å². The van der Waals surface area contributed by atoms with Gasteiger partial charge in [0.05, 0.1) is 0 Å². The second-order valence-electron chi connectivity index (χ2n) is 10.4. The fourth-order valence-corrected chi connectivity index (χ4v) is 21.6. The minimum atomic E-state index is -2.61. The number of imidazole rings is 2. The van der Waals surface area contributed by atoms with Crippen LogP contribution in [0.15, 0.2) is 55.4 Å². The van der Waals surface area contributed by atoms with Crippen LogP contribution >= 0.6 is 0 Å². The van der Waals surface area contributed by atoms with Gasteiger partial charge in [-0.3, -0.25) is 0 Å². The van der Waals surface area contributed by atoms with E-state index in [1.54, 1.807) is 16.1 Å². The van der Waals surface area contributed by atoms with E-state index in [0.717, 1.165) is 28.0 Å². The molecule has 4 aromatic rings. The Bertz CT molecular complexity index is 1230. The van der Waals surface area contributed by atoms with E-state index in [9.17, 15) is 4.39 Å². The number of aromatic nitrogens is 5. The molecule has 0 spiro atoms. The van der Waals surface area contributed by atoms with Crippen molar-refractivity contribution in [3.05, 3.63) is 60.9 Å². The molecular formula is C30H42FN5Sn. The topological polar surface area (TPSA) is 48.5 Å². The minimum absolute atomic E-state index is 0.308. The maximum absolute atomic E-state index is 13.9. The van der Waals surface area contributed by atoms with Gasteiger partial charge in [0.1, 0.15) is 0 Å². The summed E-state index contributed by atoms with van der Waals surface area (Å²) in [6.07, 6.45) is 17.0. The van der Waals surface area contributed by atoms with Crippen molar-refractivity contribution in [3.8, 4) is 11.4 Å². The van der Waals surface area contributed by atoms with Crippen molar-refractivity contribution in [3.63, 3.8) is 0 Å². The van der Waals surface area contributed by atoms with Gasteiger partial charge < -0.3 is 0 Å². The molecule has 3 heterocycles. The number of nitrogens with zero attached hydrogens (tertiary/aromatic N) is 5. The number of halogens is 1. The maximum atomic E-state index is 13.9. The van der Waals surface area contributed by atoms with Gasteiger partial charge in [0, 0.05) is 0 Å². The Hall–Kier alpha value is -2.22. The zero-order valence-corrected chi connectivity index (χ0v) is 25.6. The van der Waals surface area contributed by atoms with E-state index in [-0.39, 0.29) is 0 Å². The molecule has 7 heteroatoms. The van der Waals surface area contributed by atoms with Gasteiger partial charge in [0.25, 0.3) is 0 Å². The summed E-state index contributed by atoms with van der Waals surface area (Å²) < 4.78 is 23.9. The fourth-order valence-electron chi connectivity index (χ4n) is 5.62. The first-order valence-corrected chi connectivity index (χ1v) is 21.6. The van der Waals surface area contributed by atoms with Crippen molar-refractivity contribution in [2.24, 2.45) is 0 Å². The molecule has 0 saturated carbocycles. The van der Waals surface area contributed by atoms with E-state index in [1.807, 2.05) is 23.2 Å². The Morgan fingerprint density at radius 3 is 2.24 bits per heavy atom. The molecule has 0 atom stereocenters. The van der Waals surface area contributed by atoms with Gasteiger partial charge >= 0.3 is 226 Å². The quantitative estimate of drug-likeness (QED) is 0.132. The van der Waals surface area contributed by atoms with Crippen LogP contribution < -0.4 is 3.58 Å². The molecule has 37 heavy (non-hydrogen) atoms. The summed E-state index contributed by atoms with van der Waals surface area (Å²) in [7, 11) is 0. The number of alkyl halides is 1. The van der Waals surface area contributed by atoms with E-state index in [4.69, 9.17) is 4.98 Å². The second-order valence-corrected chi connectivity index (χ2v) is 23.6. The predicted octanol–water partition coefficient (Wildman–Crippen LogP) is 7.37. The first kappa shape index (κ1) is 27.8. The van der Waals surface area contributed by atoms with Crippen LogP contribution in [0.3, 0.4) is 0 Å². The van der Waals surface area contributed by atoms with Crippen molar-refractivity contribution in [1.82, 2.24) is 24.1 Å². The van der Waals surface area contributed by atoms with Gasteiger partial charge in [0.2, 0.25) is 0 Å². The molecular weight excluding hydrogens is 568 g/mol. The van der Waals surface area contributed by atoms with Crippen molar-refractivity contribution in [2.45, 2.75) is 85.7 Å². The van der Waals surface area contributed by atoms with Gasteiger partial charge in [-0.25, -0.2) is 0 Å². The molecule has 0 radical (unpaired) electrons. The Kier molecular flexibility index (Phi) is 10.2. The van der Waals surface area contributed by atoms with Crippen molar-refractivity contribution in [2.75, 3.05) is 6.67 Å². The normalized spacial score (nSPS) is 12.0. The Labute approximate surface area is 225 Å². The number of hydrogen-bond donors (Lipinski definition) is 0. The summed E-state index contributed by atoms with van der Waals surface area (Å²) in [5, 5.41) is 0. The van der Waals surface area contributed by atoms with E-state index >= 15 is 0 Å². The number of benzene rings is 1. The molecule has 3 aromatic heterocycles. The molecule has 198 valence electrons. The average Bonchev–Trinajstić information content (AvgIpc) is 3.57. The van der Waals surface area contributed by atoms with Crippen LogP contribution in [-0.4, -0.2) is 49.1 Å². The zero-order valence-electron chi connectivity index (χ0n) is 22.8. The second kappa shape index (κ2) is 13.5. The van der Waals surface area contributed by atoms with Crippen molar-refractivity contribution < 1.29 is 4.39 Å². The SMILES string of the molecule is CCC[CH2][Sn]([CH2]CCC)([CH2]CCC)[c]1ccc2nc(-c3cncc(Cn4ccnc4)c3)n(CCF)c2c1. The first-order chi connectivity index (χ1) is 18.1. The average molecular weight is 610 g/mol. The summed E-state index contributed by atoms with van der Waals surface area (Å²) in [5.74, 6) is 0.807. The van der Waals surface area contributed by atoms with Gasteiger partial charge in [-0.05, 0) is 0 Å². The van der Waals surface area contributed by atoms with Gasteiger partial charge in [-0.15, -0.1) is 0 Å². The number of rotatable bonds is 15. The Balaban J connectivity index is 1.78. The fraction of sp³-hybridized carbons (Fsp3) is 0.500. The molecule has 0 unspecified atom stereocenters. The molecule has 0 saturated heterocycles. The van der Waals surface area contributed by atoms with Crippen LogP contribution in [-0.2, 0) is 13.1 Å². The summed E-state index contributed by atoms with van der Waals surface area (Å²) in [5.41, 5.74) is 4.04. The molecule has 0 N–H and O–H groups in total. The third kappa shape index (κ3) is 6.62. The van der Waals surface area contributed by atoms with Crippen LogP contribution in [0.2, 0.25) is 13.3 Å². The van der Waals surface area contributed by atoms with Crippen LogP contribution in [0, 0.1) is 0 Å². The molecule has 0 aliphatic carbocycles. The van der Waals surface area contributed by atoms with E-state index in [2.05, 4.69) is 59.6 Å². The molecule has 0 fully saturated rings. The number of unbranched alkanes of at least 4 members (excludes halogenated alkanes) is 3. The Morgan fingerprint density at radius 2 is 1.62 bits per heavy atom. The summed E-state index contributed by atoms with van der Waals surface area (Å²) in [4.78, 5) is 13.6. The number of aryl methyl sites for hydroxylation is 1. The Morgan fingerprint density at radius 1 is 0.892 bits per heavy atom. The van der Waals surface area contributed by atoms with Crippen LogP contribution in [0.1, 0.15) is 64.9 Å².